The van der Waals surface area contributed by atoms with Crippen LogP contribution in [0, 0.1) is 5.41 Å². The van der Waals surface area contributed by atoms with Gasteiger partial charge in [0.05, 0.1) is 30.0 Å². The van der Waals surface area contributed by atoms with E-state index in [9.17, 15) is 4.79 Å². The molecule has 3 rings (SSSR count). The minimum Gasteiger partial charge on any atom is -0.496 e. The molecule has 1 aliphatic rings. The summed E-state index contributed by atoms with van der Waals surface area (Å²) in [5.74, 6) is 0.152. The van der Waals surface area contributed by atoms with Gasteiger partial charge in [-0.3, -0.25) is 4.79 Å². The van der Waals surface area contributed by atoms with Gasteiger partial charge in [-0.1, -0.05) is 11.6 Å². The molecule has 146 valence electrons. The molecule has 1 aliphatic heterocycles. The molecule has 0 bridgehead atoms. The zero-order valence-corrected chi connectivity index (χ0v) is 16.1. The summed E-state index contributed by atoms with van der Waals surface area (Å²) in [5.41, 5.74) is 0.823. The van der Waals surface area contributed by atoms with Crippen molar-refractivity contribution in [2.75, 3.05) is 40.5 Å². The second kappa shape index (κ2) is 8.64. The van der Waals surface area contributed by atoms with Crippen molar-refractivity contribution in [2.24, 2.45) is 5.41 Å². The van der Waals surface area contributed by atoms with Gasteiger partial charge < -0.3 is 20.1 Å². The van der Waals surface area contributed by atoms with Crippen molar-refractivity contribution in [3.05, 3.63) is 29.0 Å². The zero-order valence-electron chi connectivity index (χ0n) is 15.4. The second-order valence-electron chi connectivity index (χ2n) is 6.62. The average molecular weight is 395 g/mol. The zero-order chi connectivity index (χ0) is 19.3. The fourth-order valence-electron chi connectivity index (χ4n) is 3.33. The van der Waals surface area contributed by atoms with Gasteiger partial charge in [0, 0.05) is 25.1 Å². The molecule has 1 saturated heterocycles. The molecule has 1 aromatic heterocycles. The molecule has 10 heteroatoms. The van der Waals surface area contributed by atoms with Crippen LogP contribution in [0.1, 0.15) is 23.2 Å². The van der Waals surface area contributed by atoms with Gasteiger partial charge in [-0.2, -0.15) is 4.68 Å². The van der Waals surface area contributed by atoms with Crippen LogP contribution in [0.15, 0.2) is 18.5 Å². The monoisotopic (exact) mass is 394 g/mol. The predicted octanol–water partition coefficient (Wildman–Crippen LogP) is 1.07. The molecule has 1 aromatic carbocycles. The number of methoxy groups -OCH3 is 2. The van der Waals surface area contributed by atoms with E-state index in [4.69, 9.17) is 21.1 Å². The number of carbonyl (C=O) groups excluding carboxylic acids is 1. The maximum Gasteiger partial charge on any atom is 0.255 e. The van der Waals surface area contributed by atoms with Crippen LogP contribution in [-0.2, 0) is 4.74 Å². The Balaban J connectivity index is 1.78. The van der Waals surface area contributed by atoms with Crippen molar-refractivity contribution in [3.63, 3.8) is 0 Å². The summed E-state index contributed by atoms with van der Waals surface area (Å²) in [7, 11) is 3.19. The first-order valence-corrected chi connectivity index (χ1v) is 9.05. The van der Waals surface area contributed by atoms with Crippen LogP contribution in [-0.4, -0.2) is 66.6 Å². The molecule has 1 fully saturated rings. The summed E-state index contributed by atoms with van der Waals surface area (Å²) in [5, 5.41) is 17.7. The third-order valence-electron chi connectivity index (χ3n) is 4.85. The Morgan fingerprint density at radius 3 is 2.78 bits per heavy atom. The van der Waals surface area contributed by atoms with Crippen molar-refractivity contribution >= 4 is 17.5 Å². The summed E-state index contributed by atoms with van der Waals surface area (Å²) in [4.78, 5) is 12.8. The van der Waals surface area contributed by atoms with E-state index in [1.807, 2.05) is 0 Å². The lowest BCUT2D eigenvalue weighted by Gasteiger charge is -2.37. The number of aromatic nitrogens is 4. The number of ether oxygens (including phenoxy) is 2. The van der Waals surface area contributed by atoms with Gasteiger partial charge in [-0.25, -0.2) is 0 Å². The summed E-state index contributed by atoms with van der Waals surface area (Å²) in [6, 6.07) is 3.21. The molecule has 0 unspecified atom stereocenters. The van der Waals surface area contributed by atoms with E-state index in [1.54, 1.807) is 19.2 Å². The van der Waals surface area contributed by atoms with Gasteiger partial charge in [0.25, 0.3) is 5.91 Å². The number of tetrazole rings is 1. The molecule has 0 atom stereocenters. The first-order valence-electron chi connectivity index (χ1n) is 8.67. The third kappa shape index (κ3) is 4.37. The normalized spacial score (nSPS) is 16.1. The average Bonchev–Trinajstić information content (AvgIpc) is 3.21. The highest BCUT2D eigenvalue weighted by atomic mass is 35.5. The molecule has 0 aliphatic carbocycles. The maximum atomic E-state index is 12.8. The number of halogens is 1. The number of nitrogens with one attached hydrogen (secondary N) is 2. The maximum absolute atomic E-state index is 12.8. The lowest BCUT2D eigenvalue weighted by Crippen LogP contribution is -2.47. The number of carbonyl (C=O) groups is 1. The standard InChI is InChI=1S/C17H23ClN6O3/c1-26-10-17(3-5-19-6-4-17)9-20-16(25)12-7-13(18)14(8-15(12)27-2)24-11-21-22-23-24/h7-8,11,19H,3-6,9-10H2,1-2H3,(H,20,25). The Kier molecular flexibility index (Phi) is 6.25. The lowest BCUT2D eigenvalue weighted by molar-refractivity contribution is 0.0511. The molecule has 2 N–H and O–H groups in total. The molecular weight excluding hydrogens is 372 g/mol. The van der Waals surface area contributed by atoms with Crippen LogP contribution in [0.4, 0.5) is 0 Å². The van der Waals surface area contributed by atoms with Gasteiger partial charge in [-0.15, -0.1) is 5.10 Å². The number of piperidine rings is 1. The smallest absolute Gasteiger partial charge is 0.255 e. The molecule has 2 aromatic rings. The minimum absolute atomic E-state index is 0.0704. The highest BCUT2D eigenvalue weighted by Gasteiger charge is 2.33. The van der Waals surface area contributed by atoms with E-state index in [-0.39, 0.29) is 11.3 Å². The number of nitrogens with zero attached hydrogens (tertiary/aromatic N) is 4. The molecular formula is C17H23ClN6O3. The fraction of sp³-hybridized carbons (Fsp3) is 0.529. The summed E-state index contributed by atoms with van der Waals surface area (Å²) >= 11 is 6.34. The Hall–Kier alpha value is -2.23. The Bertz CT molecular complexity index is 772. The Labute approximate surface area is 162 Å². The van der Waals surface area contributed by atoms with Gasteiger partial charge in [0.15, 0.2) is 0 Å². The third-order valence-corrected chi connectivity index (χ3v) is 5.15. The first kappa shape index (κ1) is 19.5. The van der Waals surface area contributed by atoms with Crippen LogP contribution in [0.2, 0.25) is 5.02 Å². The minimum atomic E-state index is -0.244. The van der Waals surface area contributed by atoms with E-state index in [1.165, 1.54) is 18.1 Å². The molecule has 2 heterocycles. The van der Waals surface area contributed by atoms with Crippen LogP contribution in [0.5, 0.6) is 5.75 Å². The van der Waals surface area contributed by atoms with Gasteiger partial charge in [-0.05, 0) is 42.4 Å². The van der Waals surface area contributed by atoms with Crippen molar-refractivity contribution in [3.8, 4) is 11.4 Å². The topological polar surface area (TPSA) is 103 Å². The van der Waals surface area contributed by atoms with E-state index in [2.05, 4.69) is 26.2 Å². The van der Waals surface area contributed by atoms with E-state index < -0.39 is 0 Å². The van der Waals surface area contributed by atoms with E-state index in [0.29, 0.717) is 35.2 Å². The highest BCUT2D eigenvalue weighted by molar-refractivity contribution is 6.33. The van der Waals surface area contributed by atoms with Crippen molar-refractivity contribution in [1.29, 1.82) is 0 Å². The van der Waals surface area contributed by atoms with Crippen molar-refractivity contribution in [2.45, 2.75) is 12.8 Å². The molecule has 9 nitrogen and oxygen atoms in total. The molecule has 1 amide bonds. The number of amides is 1. The predicted molar refractivity (Wildman–Crippen MR) is 99.5 cm³/mol. The van der Waals surface area contributed by atoms with Gasteiger partial charge in [0.1, 0.15) is 12.1 Å². The van der Waals surface area contributed by atoms with Crippen LogP contribution >= 0.6 is 11.6 Å². The Morgan fingerprint density at radius 2 is 2.15 bits per heavy atom. The number of hydrogen-bond donors (Lipinski definition) is 2. The van der Waals surface area contributed by atoms with E-state index >= 15 is 0 Å². The molecule has 0 spiro atoms. The summed E-state index contributed by atoms with van der Waals surface area (Å²) in [6.07, 6.45) is 3.31. The molecule has 0 saturated carbocycles. The van der Waals surface area contributed by atoms with Gasteiger partial charge >= 0.3 is 0 Å². The fourth-order valence-corrected chi connectivity index (χ4v) is 3.58. The summed E-state index contributed by atoms with van der Waals surface area (Å²) < 4.78 is 12.2. The molecule has 0 radical (unpaired) electrons. The van der Waals surface area contributed by atoms with Crippen LogP contribution in [0.3, 0.4) is 0 Å². The number of hydrogen-bond acceptors (Lipinski definition) is 7. The number of rotatable bonds is 7. The number of benzene rings is 1. The Morgan fingerprint density at radius 1 is 1.37 bits per heavy atom. The second-order valence-corrected chi connectivity index (χ2v) is 7.03. The SMILES string of the molecule is COCC1(CNC(=O)c2cc(Cl)c(-n3cnnn3)cc2OC)CCNCC1. The van der Waals surface area contributed by atoms with Crippen molar-refractivity contribution < 1.29 is 14.3 Å². The van der Waals surface area contributed by atoms with Crippen molar-refractivity contribution in [1.82, 2.24) is 30.8 Å². The van der Waals surface area contributed by atoms with Crippen LogP contribution < -0.4 is 15.4 Å². The summed E-state index contributed by atoms with van der Waals surface area (Å²) in [6.45, 7) is 2.95. The lowest BCUT2D eigenvalue weighted by atomic mass is 9.79. The van der Waals surface area contributed by atoms with Crippen LogP contribution in [0.25, 0.3) is 5.69 Å². The van der Waals surface area contributed by atoms with Gasteiger partial charge in [0.2, 0.25) is 0 Å². The first-order chi connectivity index (χ1) is 13.1. The van der Waals surface area contributed by atoms with E-state index in [0.717, 1.165) is 25.9 Å². The molecule has 27 heavy (non-hydrogen) atoms. The largest absolute Gasteiger partial charge is 0.496 e. The highest BCUT2D eigenvalue weighted by Crippen LogP contribution is 2.31. The quantitative estimate of drug-likeness (QED) is 0.723.